The molecule has 20 heavy (non-hydrogen) atoms. The highest BCUT2D eigenvalue weighted by Crippen LogP contribution is 2.17. The number of aryl methyl sites for hydroxylation is 1. The molecule has 0 aliphatic rings. The van der Waals surface area contributed by atoms with Gasteiger partial charge in [0.1, 0.15) is 5.82 Å². The number of hydrogen-bond donors (Lipinski definition) is 0. The third kappa shape index (κ3) is 3.44. The van der Waals surface area contributed by atoms with E-state index in [2.05, 4.69) is 22.1 Å². The Morgan fingerprint density at radius 1 is 0.900 bits per heavy atom. The molecule has 0 spiro atoms. The van der Waals surface area contributed by atoms with Crippen molar-refractivity contribution in [3.8, 4) is 5.82 Å². The number of fused-ring (bicyclic) bond motifs is 1. The molecule has 0 amide bonds. The van der Waals surface area contributed by atoms with Gasteiger partial charge in [-0.25, -0.2) is 4.98 Å². The molecule has 3 aromatic heterocycles. The van der Waals surface area contributed by atoms with Gasteiger partial charge in [0.2, 0.25) is 0 Å². The molecule has 0 saturated carbocycles. The normalized spacial score (nSPS) is 9.25. The van der Waals surface area contributed by atoms with E-state index < -0.39 is 0 Å². The van der Waals surface area contributed by atoms with Gasteiger partial charge in [0, 0.05) is 24.0 Å². The van der Waals surface area contributed by atoms with Crippen LogP contribution in [0.15, 0.2) is 49.1 Å². The summed E-state index contributed by atoms with van der Waals surface area (Å²) >= 11 is 0. The van der Waals surface area contributed by atoms with Gasteiger partial charge >= 0.3 is 0 Å². The van der Waals surface area contributed by atoms with E-state index in [0.29, 0.717) is 0 Å². The molecule has 0 N–H and O–H groups in total. The Morgan fingerprint density at radius 2 is 1.65 bits per heavy atom. The highest BCUT2D eigenvalue weighted by molar-refractivity contribution is 5.80. The van der Waals surface area contributed by atoms with E-state index in [1.165, 1.54) is 10.9 Å². The third-order valence-electron chi connectivity index (χ3n) is 2.64. The molecule has 0 bridgehead atoms. The van der Waals surface area contributed by atoms with Crippen LogP contribution >= 0.6 is 0 Å². The second-order valence-corrected chi connectivity index (χ2v) is 3.81. The summed E-state index contributed by atoms with van der Waals surface area (Å²) in [4.78, 5) is 8.55. The third-order valence-corrected chi connectivity index (χ3v) is 2.64. The first-order valence-electron chi connectivity index (χ1n) is 7.19. The van der Waals surface area contributed by atoms with Crippen LogP contribution in [0.5, 0.6) is 0 Å². The molecule has 3 rings (SSSR count). The maximum Gasteiger partial charge on any atom is 0.137 e. The first-order valence-corrected chi connectivity index (χ1v) is 7.19. The molecule has 0 aliphatic carbocycles. The molecule has 0 aromatic carbocycles. The lowest BCUT2D eigenvalue weighted by Crippen LogP contribution is -1.95. The van der Waals surface area contributed by atoms with Gasteiger partial charge in [-0.2, -0.15) is 0 Å². The van der Waals surface area contributed by atoms with Crippen LogP contribution < -0.4 is 0 Å². The number of rotatable bonds is 1. The van der Waals surface area contributed by atoms with Gasteiger partial charge in [0.25, 0.3) is 0 Å². The second-order valence-electron chi connectivity index (χ2n) is 3.81. The first-order chi connectivity index (χ1) is 9.84. The van der Waals surface area contributed by atoms with Crippen LogP contribution in [0, 0.1) is 6.92 Å². The van der Waals surface area contributed by atoms with Crippen molar-refractivity contribution < 1.29 is 0 Å². The number of aromatic nitrogens is 3. The standard InChI is InChI=1S/C13H11N3.2C2H6/c1-10-2-3-13(15-8-10)16-7-5-11-4-6-14-9-12(11)16;2*1-2/h2-9H,1H3;2*1-2H3. The molecular weight excluding hydrogens is 246 g/mol. The number of pyridine rings is 2. The van der Waals surface area contributed by atoms with Crippen LogP contribution in [0.4, 0.5) is 0 Å². The molecule has 0 unspecified atom stereocenters. The fraction of sp³-hybridized carbons (Fsp3) is 0.294. The van der Waals surface area contributed by atoms with Crippen molar-refractivity contribution in [1.82, 2.24) is 14.5 Å². The van der Waals surface area contributed by atoms with Crippen molar-refractivity contribution in [2.75, 3.05) is 0 Å². The summed E-state index contributed by atoms with van der Waals surface area (Å²) in [5.74, 6) is 0.925. The summed E-state index contributed by atoms with van der Waals surface area (Å²) in [6.45, 7) is 10.0. The van der Waals surface area contributed by atoms with Gasteiger partial charge in [0.15, 0.2) is 0 Å². The molecule has 3 nitrogen and oxygen atoms in total. The van der Waals surface area contributed by atoms with Crippen molar-refractivity contribution in [1.29, 1.82) is 0 Å². The molecule has 3 aromatic rings. The summed E-state index contributed by atoms with van der Waals surface area (Å²) in [7, 11) is 0. The predicted molar refractivity (Wildman–Crippen MR) is 86.3 cm³/mol. The van der Waals surface area contributed by atoms with Crippen LogP contribution in [-0.4, -0.2) is 14.5 Å². The van der Waals surface area contributed by atoms with E-state index in [9.17, 15) is 0 Å². The highest BCUT2D eigenvalue weighted by Gasteiger charge is 2.02. The van der Waals surface area contributed by atoms with Crippen LogP contribution in [0.3, 0.4) is 0 Å². The van der Waals surface area contributed by atoms with E-state index in [0.717, 1.165) is 11.3 Å². The van der Waals surface area contributed by atoms with Crippen LogP contribution in [0.1, 0.15) is 33.3 Å². The van der Waals surface area contributed by atoms with Gasteiger partial charge < -0.3 is 0 Å². The maximum atomic E-state index is 4.41. The Bertz CT molecular complexity index is 624. The highest BCUT2D eigenvalue weighted by atomic mass is 15.0. The second kappa shape index (κ2) is 8.10. The molecule has 0 radical (unpaired) electrons. The van der Waals surface area contributed by atoms with E-state index in [1.54, 1.807) is 6.20 Å². The van der Waals surface area contributed by atoms with Crippen molar-refractivity contribution in [2.45, 2.75) is 34.6 Å². The van der Waals surface area contributed by atoms with Gasteiger partial charge in [-0.3, -0.25) is 9.55 Å². The molecular formula is C17H23N3. The summed E-state index contributed by atoms with van der Waals surface area (Å²) in [6.07, 6.45) is 7.55. The van der Waals surface area contributed by atoms with Gasteiger partial charge in [-0.15, -0.1) is 0 Å². The molecule has 3 heterocycles. The first kappa shape index (κ1) is 15.9. The summed E-state index contributed by atoms with van der Waals surface area (Å²) in [5.41, 5.74) is 2.25. The minimum absolute atomic E-state index is 0.925. The quantitative estimate of drug-likeness (QED) is 0.636. The van der Waals surface area contributed by atoms with Crippen molar-refractivity contribution in [3.63, 3.8) is 0 Å². The monoisotopic (exact) mass is 269 g/mol. The van der Waals surface area contributed by atoms with E-state index in [4.69, 9.17) is 0 Å². The average Bonchev–Trinajstić information content (AvgIpc) is 2.96. The fourth-order valence-electron chi connectivity index (χ4n) is 1.78. The lowest BCUT2D eigenvalue weighted by Gasteiger charge is -2.03. The minimum Gasteiger partial charge on any atom is -0.300 e. The largest absolute Gasteiger partial charge is 0.300 e. The topological polar surface area (TPSA) is 30.7 Å². The Kier molecular flexibility index (Phi) is 6.44. The van der Waals surface area contributed by atoms with E-state index in [-0.39, 0.29) is 0 Å². The Hall–Kier alpha value is -2.16. The average molecular weight is 269 g/mol. The summed E-state index contributed by atoms with van der Waals surface area (Å²) in [5, 5.41) is 1.18. The zero-order valence-electron chi connectivity index (χ0n) is 13.0. The summed E-state index contributed by atoms with van der Waals surface area (Å²) < 4.78 is 2.04. The van der Waals surface area contributed by atoms with Crippen LogP contribution in [0.25, 0.3) is 16.7 Å². The predicted octanol–water partition coefficient (Wildman–Crippen LogP) is 4.78. The molecule has 0 saturated heterocycles. The van der Waals surface area contributed by atoms with Crippen molar-refractivity contribution in [3.05, 3.63) is 54.6 Å². The Morgan fingerprint density at radius 3 is 2.30 bits per heavy atom. The SMILES string of the molecule is CC.CC.Cc1ccc(-n2ccc3ccncc32)nc1. The van der Waals surface area contributed by atoms with Crippen LogP contribution in [0.2, 0.25) is 0 Å². The minimum atomic E-state index is 0.925. The maximum absolute atomic E-state index is 4.41. The number of hydrogen-bond acceptors (Lipinski definition) is 2. The fourth-order valence-corrected chi connectivity index (χ4v) is 1.78. The lowest BCUT2D eigenvalue weighted by atomic mass is 10.3. The molecule has 0 aliphatic heterocycles. The van der Waals surface area contributed by atoms with Gasteiger partial charge in [-0.05, 0) is 30.7 Å². The van der Waals surface area contributed by atoms with Crippen LogP contribution in [-0.2, 0) is 0 Å². The van der Waals surface area contributed by atoms with Gasteiger partial charge in [-0.1, -0.05) is 33.8 Å². The smallest absolute Gasteiger partial charge is 0.137 e. The van der Waals surface area contributed by atoms with Crippen molar-refractivity contribution in [2.24, 2.45) is 0 Å². The molecule has 0 atom stereocenters. The Balaban J connectivity index is 0.000000461. The molecule has 106 valence electrons. The Labute approximate surface area is 121 Å². The molecule has 0 fully saturated rings. The summed E-state index contributed by atoms with van der Waals surface area (Å²) in [6, 6.07) is 8.14. The van der Waals surface area contributed by atoms with Gasteiger partial charge in [0.05, 0.1) is 11.7 Å². The molecule has 3 heteroatoms. The lowest BCUT2D eigenvalue weighted by molar-refractivity contribution is 1.03. The number of nitrogens with zero attached hydrogens (tertiary/aromatic N) is 3. The zero-order chi connectivity index (χ0) is 15.0. The van der Waals surface area contributed by atoms with E-state index in [1.807, 2.05) is 69.9 Å². The zero-order valence-corrected chi connectivity index (χ0v) is 13.0. The van der Waals surface area contributed by atoms with Crippen molar-refractivity contribution >= 4 is 10.9 Å². The van der Waals surface area contributed by atoms with E-state index >= 15 is 0 Å².